The van der Waals surface area contributed by atoms with Crippen LogP contribution in [0, 0.1) is 0 Å². The van der Waals surface area contributed by atoms with E-state index >= 15 is 0 Å². The lowest BCUT2D eigenvalue weighted by molar-refractivity contribution is 0.199. The maximum absolute atomic E-state index is 12.1. The van der Waals surface area contributed by atoms with Gasteiger partial charge >= 0.3 is 0 Å². The molecule has 0 bridgehead atoms. The Balaban J connectivity index is 2.94. The predicted octanol–water partition coefficient (Wildman–Crippen LogP) is 0.584. The zero-order chi connectivity index (χ0) is 15.2. The molecule has 0 aliphatic rings. The van der Waals surface area contributed by atoms with Crippen molar-refractivity contribution < 1.29 is 18.4 Å². The minimum atomic E-state index is -3.42. The first-order valence-corrected chi connectivity index (χ1v) is 7.57. The summed E-state index contributed by atoms with van der Waals surface area (Å²) in [6.07, 6.45) is 0.420. The van der Waals surface area contributed by atoms with Crippen molar-refractivity contribution in [2.24, 2.45) is 10.9 Å². The van der Waals surface area contributed by atoms with Gasteiger partial charge in [0.05, 0.1) is 11.4 Å². The van der Waals surface area contributed by atoms with Crippen molar-refractivity contribution in [1.29, 1.82) is 0 Å². The third-order valence-corrected chi connectivity index (χ3v) is 4.63. The summed E-state index contributed by atoms with van der Waals surface area (Å²) in [5, 5.41) is 11.5. The molecule has 0 spiro atoms. The number of benzene rings is 1. The van der Waals surface area contributed by atoms with E-state index in [1.165, 1.54) is 18.5 Å². The molecule has 7 nitrogen and oxygen atoms in total. The van der Waals surface area contributed by atoms with Crippen LogP contribution in [-0.2, 0) is 14.8 Å². The van der Waals surface area contributed by atoms with E-state index in [-0.39, 0.29) is 11.6 Å². The second-order valence-electron chi connectivity index (χ2n) is 4.17. The molecular formula is C12H19N3O4S. The lowest BCUT2D eigenvalue weighted by atomic mass is 10.2. The number of rotatable bonds is 7. The second-order valence-corrected chi connectivity index (χ2v) is 6.29. The van der Waals surface area contributed by atoms with Crippen LogP contribution in [0.4, 0.5) is 5.69 Å². The lowest BCUT2D eigenvalue weighted by Gasteiger charge is -2.20. The number of methoxy groups -OCH3 is 1. The molecule has 0 heterocycles. The molecular weight excluding hydrogens is 282 g/mol. The summed E-state index contributed by atoms with van der Waals surface area (Å²) in [6.45, 7) is 0.386. The second kappa shape index (κ2) is 7.11. The minimum Gasteiger partial charge on any atom is -0.409 e. The van der Waals surface area contributed by atoms with E-state index in [1.807, 2.05) is 0 Å². The Morgan fingerprint density at radius 2 is 2.20 bits per heavy atom. The molecule has 3 N–H and O–H groups in total. The molecule has 20 heavy (non-hydrogen) atoms. The van der Waals surface area contributed by atoms with E-state index in [0.29, 0.717) is 24.3 Å². The first-order chi connectivity index (χ1) is 9.42. The first-order valence-electron chi connectivity index (χ1n) is 5.96. The monoisotopic (exact) mass is 301 g/mol. The Hall–Kier alpha value is -1.80. The number of nitrogens with two attached hydrogens (primary N) is 1. The Labute approximate surface area is 118 Å². The van der Waals surface area contributed by atoms with Crippen molar-refractivity contribution >= 4 is 21.5 Å². The van der Waals surface area contributed by atoms with Crippen LogP contribution in [0.3, 0.4) is 0 Å². The van der Waals surface area contributed by atoms with Crippen LogP contribution in [0.15, 0.2) is 29.4 Å². The number of ether oxygens (including phenoxy) is 1. The summed E-state index contributed by atoms with van der Waals surface area (Å²) in [6, 6.07) is 6.46. The molecule has 8 heteroatoms. The fourth-order valence-electron chi connectivity index (χ4n) is 1.60. The molecule has 1 aromatic rings. The van der Waals surface area contributed by atoms with Crippen molar-refractivity contribution in [2.75, 3.05) is 30.8 Å². The van der Waals surface area contributed by atoms with E-state index in [2.05, 4.69) is 5.16 Å². The van der Waals surface area contributed by atoms with E-state index in [1.54, 1.807) is 24.3 Å². The highest BCUT2D eigenvalue weighted by atomic mass is 32.2. The van der Waals surface area contributed by atoms with Crippen LogP contribution < -0.4 is 10.0 Å². The topological polar surface area (TPSA) is 105 Å². The van der Waals surface area contributed by atoms with Gasteiger partial charge in [0.2, 0.25) is 10.0 Å². The summed E-state index contributed by atoms with van der Waals surface area (Å²) < 4.78 is 30.3. The quantitative estimate of drug-likeness (QED) is 0.252. The predicted molar refractivity (Wildman–Crippen MR) is 77.6 cm³/mol. The highest BCUT2D eigenvalue weighted by Gasteiger charge is 2.18. The molecule has 0 unspecified atom stereocenters. The smallest absolute Gasteiger partial charge is 0.234 e. The number of oxime groups is 1. The normalized spacial score (nSPS) is 12.4. The van der Waals surface area contributed by atoms with Gasteiger partial charge in [-0.15, -0.1) is 0 Å². The zero-order valence-electron chi connectivity index (χ0n) is 11.5. The van der Waals surface area contributed by atoms with Crippen molar-refractivity contribution in [1.82, 2.24) is 0 Å². The van der Waals surface area contributed by atoms with Crippen LogP contribution in [0.1, 0.15) is 12.0 Å². The van der Waals surface area contributed by atoms with Gasteiger partial charge < -0.3 is 15.7 Å². The number of nitrogens with zero attached hydrogens (tertiary/aromatic N) is 2. The minimum absolute atomic E-state index is 0.00879. The van der Waals surface area contributed by atoms with Crippen LogP contribution in [0.5, 0.6) is 0 Å². The number of amidine groups is 1. The van der Waals surface area contributed by atoms with E-state index in [4.69, 9.17) is 15.7 Å². The average Bonchev–Trinajstić information content (AvgIpc) is 2.45. The van der Waals surface area contributed by atoms with Gasteiger partial charge in [0.1, 0.15) is 0 Å². The fourth-order valence-corrected chi connectivity index (χ4v) is 2.79. The number of hydrogen-bond donors (Lipinski definition) is 2. The van der Waals surface area contributed by atoms with Gasteiger partial charge in [0.25, 0.3) is 0 Å². The summed E-state index contributed by atoms with van der Waals surface area (Å²) in [7, 11) is -0.434. The van der Waals surface area contributed by atoms with Gasteiger partial charge in [-0.3, -0.25) is 4.31 Å². The molecule has 0 amide bonds. The Bertz CT molecular complexity index is 572. The van der Waals surface area contributed by atoms with Crippen LogP contribution >= 0.6 is 0 Å². The SMILES string of the molecule is COCCCS(=O)(=O)N(C)c1cccc(C(N)=NO)c1. The summed E-state index contributed by atoms with van der Waals surface area (Å²) in [4.78, 5) is 0. The maximum atomic E-state index is 12.1. The van der Waals surface area contributed by atoms with Gasteiger partial charge in [-0.05, 0) is 18.6 Å². The third kappa shape index (κ3) is 4.10. The molecule has 0 atom stereocenters. The summed E-state index contributed by atoms with van der Waals surface area (Å²) >= 11 is 0. The van der Waals surface area contributed by atoms with Gasteiger partial charge in [-0.1, -0.05) is 17.3 Å². The highest BCUT2D eigenvalue weighted by Crippen LogP contribution is 2.18. The standard InChI is InChI=1S/C12H19N3O4S/c1-15(20(17,18)8-4-7-19-2)11-6-3-5-10(9-11)12(13)14-16/h3,5-6,9,16H,4,7-8H2,1-2H3,(H2,13,14). The Kier molecular flexibility index (Phi) is 5.78. The van der Waals surface area contributed by atoms with Gasteiger partial charge in [0, 0.05) is 26.3 Å². The summed E-state index contributed by atoms with van der Waals surface area (Å²) in [5.41, 5.74) is 6.38. The molecule has 0 radical (unpaired) electrons. The zero-order valence-corrected chi connectivity index (χ0v) is 12.3. The van der Waals surface area contributed by atoms with Gasteiger partial charge in [-0.2, -0.15) is 0 Å². The fraction of sp³-hybridized carbons (Fsp3) is 0.417. The summed E-state index contributed by atoms with van der Waals surface area (Å²) in [5.74, 6) is -0.0810. The van der Waals surface area contributed by atoms with Gasteiger partial charge in [0.15, 0.2) is 5.84 Å². The lowest BCUT2D eigenvalue weighted by Crippen LogP contribution is -2.29. The molecule has 0 saturated heterocycles. The highest BCUT2D eigenvalue weighted by molar-refractivity contribution is 7.92. The van der Waals surface area contributed by atoms with Crippen molar-refractivity contribution in [3.05, 3.63) is 29.8 Å². The Morgan fingerprint density at radius 3 is 2.80 bits per heavy atom. The van der Waals surface area contributed by atoms with E-state index < -0.39 is 10.0 Å². The largest absolute Gasteiger partial charge is 0.409 e. The molecule has 0 saturated carbocycles. The number of sulfonamides is 1. The molecule has 0 fully saturated rings. The van der Waals surface area contributed by atoms with Crippen molar-refractivity contribution in [3.63, 3.8) is 0 Å². The van der Waals surface area contributed by atoms with Crippen molar-refractivity contribution in [3.8, 4) is 0 Å². The number of anilines is 1. The first kappa shape index (κ1) is 16.3. The molecule has 0 aromatic heterocycles. The van der Waals surface area contributed by atoms with Crippen molar-refractivity contribution in [2.45, 2.75) is 6.42 Å². The molecule has 1 aromatic carbocycles. The van der Waals surface area contributed by atoms with E-state index in [0.717, 1.165) is 0 Å². The van der Waals surface area contributed by atoms with Crippen LogP contribution in [0.2, 0.25) is 0 Å². The van der Waals surface area contributed by atoms with E-state index in [9.17, 15) is 8.42 Å². The molecule has 0 aliphatic carbocycles. The molecule has 1 rings (SSSR count). The number of hydrogen-bond acceptors (Lipinski definition) is 5. The molecule has 112 valence electrons. The van der Waals surface area contributed by atoms with Crippen LogP contribution in [-0.4, -0.2) is 46.0 Å². The van der Waals surface area contributed by atoms with Crippen LogP contribution in [0.25, 0.3) is 0 Å². The van der Waals surface area contributed by atoms with Gasteiger partial charge in [-0.25, -0.2) is 8.42 Å². The third-order valence-electron chi connectivity index (χ3n) is 2.78. The average molecular weight is 301 g/mol. The molecule has 0 aliphatic heterocycles. The Morgan fingerprint density at radius 1 is 1.50 bits per heavy atom. The maximum Gasteiger partial charge on any atom is 0.234 e.